The predicted molar refractivity (Wildman–Crippen MR) is 112 cm³/mol. The van der Waals surface area contributed by atoms with Crippen molar-refractivity contribution in [2.45, 2.75) is 24.9 Å². The fraction of sp³-hybridized carbons (Fsp3) is 0.222. The van der Waals surface area contributed by atoms with Crippen LogP contribution in [0.1, 0.15) is 11.1 Å². The Morgan fingerprint density at radius 2 is 1.21 bits per heavy atom. The first-order valence-electron chi connectivity index (χ1n) is 9.02. The standard InChI is InChI=1S/C9H10N2O5.C9H12NO6P/c12-7-3-1-6(2-4-7)5-8(9(13)14)10-11(15)16;11-7-3-1-6(2-4-7)5-8(9(12)13)10-17(14,15)16/h1-4,8,10,12H,5H2,(H,13,14);1-4,8,11H,5H2,(H,12,13)(H3,10,14,15,16). The third-order valence-electron chi connectivity index (χ3n) is 3.93. The minimum absolute atomic E-state index is 0.0311. The van der Waals surface area contributed by atoms with Crippen LogP contribution in [0.25, 0.3) is 0 Å². The number of carbonyl (C=O) groups is 2. The molecule has 33 heavy (non-hydrogen) atoms. The lowest BCUT2D eigenvalue weighted by molar-refractivity contribution is -0.548. The molecule has 0 saturated carbocycles. The van der Waals surface area contributed by atoms with Crippen molar-refractivity contribution < 1.29 is 49.4 Å². The maximum atomic E-state index is 10.8. The Morgan fingerprint density at radius 1 is 0.848 bits per heavy atom. The van der Waals surface area contributed by atoms with Crippen LogP contribution < -0.4 is 10.5 Å². The smallest absolute Gasteiger partial charge is 0.401 e. The third-order valence-corrected chi connectivity index (χ3v) is 4.58. The second-order valence-electron chi connectivity index (χ2n) is 6.58. The van der Waals surface area contributed by atoms with E-state index in [1.165, 1.54) is 48.5 Å². The molecule has 180 valence electrons. The van der Waals surface area contributed by atoms with Crippen molar-refractivity contribution in [1.29, 1.82) is 0 Å². The molecular formula is C18H22N3O11P. The van der Waals surface area contributed by atoms with Gasteiger partial charge in [-0.3, -0.25) is 4.79 Å². The molecule has 0 bridgehead atoms. The molecule has 15 heteroatoms. The number of hydrazine groups is 1. The number of hydrogen-bond donors (Lipinski definition) is 8. The van der Waals surface area contributed by atoms with Crippen molar-refractivity contribution in [3.63, 3.8) is 0 Å². The lowest BCUT2D eigenvalue weighted by Crippen LogP contribution is -2.41. The van der Waals surface area contributed by atoms with Gasteiger partial charge in [-0.15, -0.1) is 5.43 Å². The molecule has 2 aromatic rings. The van der Waals surface area contributed by atoms with Crippen molar-refractivity contribution in [2.75, 3.05) is 0 Å². The Kier molecular flexibility index (Phi) is 10.2. The molecule has 0 aromatic heterocycles. The SMILES string of the molecule is O=C(O)C(Cc1ccc(O)cc1)NP(=O)(O)O.O=C(O)C(Cc1ccc(O)cc1)N[N+](=O)[O-]. The van der Waals surface area contributed by atoms with Crippen LogP contribution in [0, 0.1) is 10.1 Å². The van der Waals surface area contributed by atoms with Gasteiger partial charge in [0.1, 0.15) is 17.5 Å². The first-order valence-corrected chi connectivity index (χ1v) is 10.6. The zero-order chi connectivity index (χ0) is 25.2. The Labute approximate surface area is 186 Å². The summed E-state index contributed by atoms with van der Waals surface area (Å²) in [5.74, 6) is -2.58. The van der Waals surface area contributed by atoms with Gasteiger partial charge in [-0.05, 0) is 41.8 Å². The highest BCUT2D eigenvalue weighted by atomic mass is 31.2. The van der Waals surface area contributed by atoms with Gasteiger partial charge in [0, 0.05) is 6.42 Å². The lowest BCUT2D eigenvalue weighted by Gasteiger charge is -2.15. The number of benzene rings is 2. The van der Waals surface area contributed by atoms with E-state index in [-0.39, 0.29) is 24.3 Å². The van der Waals surface area contributed by atoms with E-state index in [0.29, 0.717) is 11.1 Å². The van der Waals surface area contributed by atoms with Crippen LogP contribution >= 0.6 is 7.75 Å². The first-order chi connectivity index (χ1) is 15.3. The highest BCUT2D eigenvalue weighted by Gasteiger charge is 2.26. The van der Waals surface area contributed by atoms with Gasteiger partial charge in [0.05, 0.1) is 0 Å². The zero-order valence-corrected chi connectivity index (χ0v) is 17.7. The predicted octanol–water partition coefficient (Wildman–Crippen LogP) is 0.239. The largest absolute Gasteiger partial charge is 0.508 e. The van der Waals surface area contributed by atoms with E-state index in [4.69, 9.17) is 30.2 Å². The molecule has 0 heterocycles. The normalized spacial score (nSPS) is 12.5. The third kappa shape index (κ3) is 11.5. The fourth-order valence-electron chi connectivity index (χ4n) is 2.44. The molecule has 2 rings (SSSR count). The molecule has 0 aliphatic carbocycles. The van der Waals surface area contributed by atoms with Gasteiger partial charge >= 0.3 is 19.7 Å². The molecule has 0 spiro atoms. The molecule has 0 amide bonds. The monoisotopic (exact) mass is 487 g/mol. The molecule has 8 N–H and O–H groups in total. The highest BCUT2D eigenvalue weighted by Crippen LogP contribution is 2.29. The van der Waals surface area contributed by atoms with Crippen LogP contribution in [0.15, 0.2) is 48.5 Å². The molecule has 0 fully saturated rings. The number of carboxylic acid groups (broad SMARTS) is 2. The van der Waals surface area contributed by atoms with Crippen LogP contribution in [0.2, 0.25) is 0 Å². The number of aliphatic carboxylic acids is 2. The molecule has 2 unspecified atom stereocenters. The summed E-state index contributed by atoms with van der Waals surface area (Å²) in [5.41, 5.74) is 2.82. The minimum Gasteiger partial charge on any atom is -0.508 e. The number of phenols is 2. The summed E-state index contributed by atoms with van der Waals surface area (Å²) in [6, 6.07) is 8.80. The van der Waals surface area contributed by atoms with E-state index >= 15 is 0 Å². The summed E-state index contributed by atoms with van der Waals surface area (Å²) in [4.78, 5) is 48.9. The number of nitro groups is 1. The summed E-state index contributed by atoms with van der Waals surface area (Å²) in [7, 11) is -4.60. The molecule has 0 radical (unpaired) electrons. The van der Waals surface area contributed by atoms with Gasteiger partial charge < -0.3 is 30.2 Å². The van der Waals surface area contributed by atoms with Crippen LogP contribution in [-0.4, -0.2) is 59.3 Å². The Bertz CT molecular complexity index is 993. The van der Waals surface area contributed by atoms with Crippen molar-refractivity contribution >= 4 is 19.7 Å². The van der Waals surface area contributed by atoms with Gasteiger partial charge in [-0.25, -0.2) is 24.6 Å². The molecule has 0 aliphatic heterocycles. The molecule has 14 nitrogen and oxygen atoms in total. The van der Waals surface area contributed by atoms with E-state index in [1.54, 1.807) is 10.5 Å². The van der Waals surface area contributed by atoms with E-state index in [1.807, 2.05) is 0 Å². The molecular weight excluding hydrogens is 465 g/mol. The van der Waals surface area contributed by atoms with Gasteiger partial charge in [0.15, 0.2) is 11.1 Å². The van der Waals surface area contributed by atoms with E-state index < -0.39 is 36.8 Å². The molecule has 0 saturated heterocycles. The minimum atomic E-state index is -4.60. The maximum absolute atomic E-state index is 10.8. The zero-order valence-electron chi connectivity index (χ0n) is 16.8. The number of carboxylic acids is 2. The fourth-order valence-corrected chi connectivity index (χ4v) is 3.05. The van der Waals surface area contributed by atoms with Crippen molar-refractivity contribution in [2.24, 2.45) is 0 Å². The second kappa shape index (κ2) is 12.4. The average Bonchev–Trinajstić information content (AvgIpc) is 2.69. The van der Waals surface area contributed by atoms with Gasteiger partial charge in [-0.2, -0.15) is 0 Å². The Hall–Kier alpha value is -3.71. The lowest BCUT2D eigenvalue weighted by atomic mass is 10.1. The number of phenolic OH excluding ortho intramolecular Hbond substituents is 2. The van der Waals surface area contributed by atoms with Crippen molar-refractivity contribution in [3.05, 3.63) is 69.8 Å². The van der Waals surface area contributed by atoms with Crippen molar-refractivity contribution in [1.82, 2.24) is 10.5 Å². The summed E-state index contributed by atoms with van der Waals surface area (Å²) < 4.78 is 10.7. The molecule has 0 aliphatic rings. The number of nitrogens with zero attached hydrogens (tertiary/aromatic N) is 1. The van der Waals surface area contributed by atoms with E-state index in [9.17, 15) is 24.3 Å². The van der Waals surface area contributed by atoms with Crippen LogP contribution in [0.3, 0.4) is 0 Å². The van der Waals surface area contributed by atoms with Crippen LogP contribution in [0.5, 0.6) is 11.5 Å². The maximum Gasteiger partial charge on any atom is 0.401 e. The second-order valence-corrected chi connectivity index (χ2v) is 7.93. The summed E-state index contributed by atoms with van der Waals surface area (Å²) in [5, 5.41) is 46.5. The summed E-state index contributed by atoms with van der Waals surface area (Å²) in [6.07, 6.45) is -0.128. The number of nitrogens with one attached hydrogen (secondary N) is 2. The van der Waals surface area contributed by atoms with Gasteiger partial charge in [0.25, 0.3) is 0 Å². The topological polar surface area (TPSA) is 240 Å². The van der Waals surface area contributed by atoms with Crippen molar-refractivity contribution in [3.8, 4) is 11.5 Å². The van der Waals surface area contributed by atoms with E-state index in [2.05, 4.69) is 0 Å². The van der Waals surface area contributed by atoms with Crippen LogP contribution in [-0.2, 0) is 27.0 Å². The quantitative estimate of drug-likeness (QED) is 0.127. The highest BCUT2D eigenvalue weighted by molar-refractivity contribution is 7.49. The Balaban J connectivity index is 0.000000331. The molecule has 2 aromatic carbocycles. The van der Waals surface area contributed by atoms with E-state index in [0.717, 1.165) is 0 Å². The van der Waals surface area contributed by atoms with Gasteiger partial charge in [-0.1, -0.05) is 24.3 Å². The van der Waals surface area contributed by atoms with Gasteiger partial charge in [0.2, 0.25) is 0 Å². The number of rotatable bonds is 10. The first kappa shape index (κ1) is 27.3. The average molecular weight is 487 g/mol. The molecule has 2 atom stereocenters. The number of aromatic hydroxyl groups is 2. The summed E-state index contributed by atoms with van der Waals surface area (Å²) in [6.45, 7) is 0. The number of hydrogen-bond acceptors (Lipinski definition) is 7. The van der Waals surface area contributed by atoms with Crippen LogP contribution in [0.4, 0.5) is 0 Å². The Morgan fingerprint density at radius 3 is 1.52 bits per heavy atom. The summed E-state index contributed by atoms with van der Waals surface area (Å²) >= 11 is 0.